The fourth-order valence-corrected chi connectivity index (χ4v) is 12.0. The molecule has 0 aliphatic rings. The maximum absolute atomic E-state index is 12.9. The smallest absolute Gasteiger partial charge is 0.463 e. The van der Waals surface area contributed by atoms with Gasteiger partial charge >= 0.3 is 33.6 Å². The summed E-state index contributed by atoms with van der Waals surface area (Å²) in [4.78, 5) is 58.6. The number of ether oxygens (including phenoxy) is 3. The van der Waals surface area contributed by atoms with Crippen LogP contribution in [-0.4, -0.2) is 95.9 Å². The van der Waals surface area contributed by atoms with E-state index < -0.39 is 91.5 Å². The lowest BCUT2D eigenvalue weighted by atomic mass is 10.0. The molecule has 0 spiro atoms. The minimum atomic E-state index is -4.93. The van der Waals surface area contributed by atoms with Gasteiger partial charge in [0, 0.05) is 19.3 Å². The Morgan fingerprint density at radius 2 is 0.525 bits per heavy atom. The van der Waals surface area contributed by atoms with Crippen LogP contribution in [0.2, 0.25) is 0 Å². The Balaban J connectivity index is 4.50. The third-order valence-corrected chi connectivity index (χ3v) is 18.2. The summed E-state index contributed by atoms with van der Waals surface area (Å²) in [6, 6.07) is 0. The number of aliphatic hydroxyl groups excluding tert-OH is 2. The molecule has 0 rings (SSSR count). The molecule has 0 aromatic carbocycles. The van der Waals surface area contributed by atoms with Crippen molar-refractivity contribution in [2.45, 2.75) is 334 Å². The van der Waals surface area contributed by atoms with Gasteiger partial charge in [-0.25, -0.2) is 9.13 Å². The normalized spacial score (nSPS) is 14.7. The molecule has 18 heteroatoms. The van der Waals surface area contributed by atoms with Crippen molar-refractivity contribution in [2.75, 3.05) is 39.6 Å². The molecule has 101 heavy (non-hydrogen) atoms. The van der Waals surface area contributed by atoms with E-state index in [1.165, 1.54) is 83.5 Å². The van der Waals surface area contributed by atoms with E-state index in [1.54, 1.807) is 0 Å². The van der Waals surface area contributed by atoms with Crippen molar-refractivity contribution < 1.29 is 75.8 Å². The molecule has 0 aromatic heterocycles. The molecule has 0 aliphatic heterocycles. The monoisotopic (exact) mass is 1460 g/mol. The number of carbonyl (C=O) groups excluding carboxylic acids is 3. The van der Waals surface area contributed by atoms with Gasteiger partial charge in [-0.2, -0.15) is 0 Å². The average Bonchev–Trinajstić information content (AvgIpc) is 0.933. The summed E-state index contributed by atoms with van der Waals surface area (Å²) in [5.74, 6) is -1.60. The van der Waals surface area contributed by atoms with E-state index in [2.05, 4.69) is 154 Å². The van der Waals surface area contributed by atoms with Crippen molar-refractivity contribution in [1.29, 1.82) is 0 Å². The fourth-order valence-electron chi connectivity index (χ4n) is 10.4. The van der Waals surface area contributed by atoms with Crippen molar-refractivity contribution in [2.24, 2.45) is 0 Å². The van der Waals surface area contributed by atoms with E-state index in [1.807, 2.05) is 0 Å². The summed E-state index contributed by atoms with van der Waals surface area (Å²) in [6.45, 7) is 2.43. The van der Waals surface area contributed by atoms with Gasteiger partial charge in [-0.05, 0) is 135 Å². The topological polar surface area (TPSA) is 231 Å². The van der Waals surface area contributed by atoms with Crippen molar-refractivity contribution in [3.05, 3.63) is 134 Å². The predicted octanol–water partition coefficient (Wildman–Crippen LogP) is 23.1. The third kappa shape index (κ3) is 76.6. The van der Waals surface area contributed by atoms with Gasteiger partial charge < -0.3 is 34.2 Å². The van der Waals surface area contributed by atoms with Crippen LogP contribution >= 0.6 is 15.6 Å². The molecule has 580 valence electrons. The SMILES string of the molecule is CC/C=C\C/C=C\C/C=C\C/C=C\C/C=C\CCCCCCCCCCCCCCCC(=O)OCC(O)COP(=O)(O)OCC(O)COP(=O)(O)OCC(COC(=O)CCCCCCCCC/C=C\C/C=C\C/C=C\C/C=C\C/C=C\CC)OC(=O)CCCCCCC/C=C\CCCCCC. The molecule has 0 saturated heterocycles. The molecule has 5 atom stereocenters. The van der Waals surface area contributed by atoms with Crippen LogP contribution < -0.4 is 0 Å². The van der Waals surface area contributed by atoms with Crippen molar-refractivity contribution in [3.8, 4) is 0 Å². The molecule has 0 bridgehead atoms. The highest BCUT2D eigenvalue weighted by atomic mass is 31.2. The molecule has 0 heterocycles. The zero-order valence-corrected chi connectivity index (χ0v) is 65.1. The molecule has 0 aliphatic carbocycles. The quantitative estimate of drug-likeness (QED) is 0.0146. The second kappa shape index (κ2) is 75.4. The van der Waals surface area contributed by atoms with Crippen molar-refractivity contribution in [3.63, 3.8) is 0 Å². The van der Waals surface area contributed by atoms with Gasteiger partial charge in [0.05, 0.1) is 26.4 Å². The Morgan fingerprint density at radius 3 is 0.842 bits per heavy atom. The number of carbonyl (C=O) groups is 3. The molecule has 5 unspecified atom stereocenters. The van der Waals surface area contributed by atoms with E-state index in [4.69, 9.17) is 32.3 Å². The summed E-state index contributed by atoms with van der Waals surface area (Å²) in [5.41, 5.74) is 0. The van der Waals surface area contributed by atoms with Gasteiger partial charge in [-0.1, -0.05) is 296 Å². The van der Waals surface area contributed by atoms with Crippen molar-refractivity contribution >= 4 is 33.6 Å². The first-order valence-electron chi connectivity index (χ1n) is 39.5. The standard InChI is InChI=1S/C83H142O16P2/c1-4-7-10-13-16-19-22-25-27-29-31-33-35-36-37-38-39-40-42-44-45-47-49-52-54-57-60-63-66-69-81(86)93-72-78(84)73-95-100(89,90)96-74-79(85)75-97-101(91,92)98-77-80(99-83(88)71-68-65-62-59-56-51-24-21-18-15-12-9-6-3)76-94-82(87)70-67-64-61-58-55-53-50-48-46-43-41-34-32-30-28-26-23-20-17-14-11-8-5-2/h7-8,10-11,16-17,19-21,24-28,31-34,36-37,43,46,78-80,84-85H,4-6,9,12-15,18,22-23,29-30,35,38-42,44-45,47-77H2,1-3H3,(H,89,90)(H,91,92)/b10-7-,11-8-,19-16-,20-17-,24-21-,27-25-,28-26-,33-31-,34-32-,37-36-,46-43-. The van der Waals surface area contributed by atoms with Crippen LogP contribution in [0.3, 0.4) is 0 Å². The highest BCUT2D eigenvalue weighted by Crippen LogP contribution is 2.45. The predicted molar refractivity (Wildman–Crippen MR) is 417 cm³/mol. The lowest BCUT2D eigenvalue weighted by molar-refractivity contribution is -0.161. The van der Waals surface area contributed by atoms with E-state index >= 15 is 0 Å². The summed E-state index contributed by atoms with van der Waals surface area (Å²) in [5, 5.41) is 20.6. The minimum absolute atomic E-state index is 0.0899. The first-order chi connectivity index (χ1) is 49.2. The van der Waals surface area contributed by atoms with Gasteiger partial charge in [0.25, 0.3) is 0 Å². The number of rotatable bonds is 74. The molecule has 0 fully saturated rings. The van der Waals surface area contributed by atoms with Gasteiger partial charge in [0.15, 0.2) is 6.10 Å². The van der Waals surface area contributed by atoms with Gasteiger partial charge in [-0.3, -0.25) is 32.5 Å². The van der Waals surface area contributed by atoms with Gasteiger partial charge in [0.1, 0.15) is 25.4 Å². The van der Waals surface area contributed by atoms with Crippen molar-refractivity contribution in [1.82, 2.24) is 0 Å². The number of unbranched alkanes of at least 4 members (excludes halogenated alkanes) is 29. The largest absolute Gasteiger partial charge is 0.472 e. The minimum Gasteiger partial charge on any atom is -0.463 e. The Labute approximate surface area is 614 Å². The number of allylic oxidation sites excluding steroid dienone is 22. The number of esters is 3. The zero-order chi connectivity index (χ0) is 73.7. The summed E-state index contributed by atoms with van der Waals surface area (Å²) in [6.07, 6.45) is 90.7. The average molecular weight is 1460 g/mol. The number of aliphatic hydroxyl groups is 2. The summed E-state index contributed by atoms with van der Waals surface area (Å²) >= 11 is 0. The Morgan fingerprint density at radius 1 is 0.287 bits per heavy atom. The lowest BCUT2D eigenvalue weighted by Crippen LogP contribution is -2.30. The Bertz CT molecular complexity index is 2370. The zero-order valence-electron chi connectivity index (χ0n) is 63.3. The summed E-state index contributed by atoms with van der Waals surface area (Å²) in [7, 11) is -9.79. The second-order valence-corrected chi connectivity index (χ2v) is 29.0. The van der Waals surface area contributed by atoms with E-state index in [0.717, 1.165) is 173 Å². The number of hydrogen-bond donors (Lipinski definition) is 4. The highest BCUT2D eigenvalue weighted by Gasteiger charge is 2.29. The second-order valence-electron chi connectivity index (χ2n) is 26.1. The molecule has 0 radical (unpaired) electrons. The van der Waals surface area contributed by atoms with E-state index in [-0.39, 0.29) is 19.3 Å². The molecule has 4 N–H and O–H groups in total. The third-order valence-electron chi connectivity index (χ3n) is 16.3. The van der Waals surface area contributed by atoms with Gasteiger partial charge in [-0.15, -0.1) is 0 Å². The van der Waals surface area contributed by atoms with Crippen LogP contribution in [0.1, 0.15) is 316 Å². The molecule has 0 saturated carbocycles. The lowest BCUT2D eigenvalue weighted by Gasteiger charge is -2.21. The number of phosphoric ester groups is 2. The maximum Gasteiger partial charge on any atom is 0.472 e. The molecular formula is C83H142O16P2. The summed E-state index contributed by atoms with van der Waals surface area (Å²) < 4.78 is 61.1. The van der Waals surface area contributed by atoms with Crippen LogP contribution in [0, 0.1) is 0 Å². The van der Waals surface area contributed by atoms with Crippen LogP contribution in [0.5, 0.6) is 0 Å². The maximum atomic E-state index is 12.9. The number of hydrogen-bond acceptors (Lipinski definition) is 14. The van der Waals surface area contributed by atoms with Crippen LogP contribution in [0.15, 0.2) is 134 Å². The molecule has 16 nitrogen and oxygen atoms in total. The van der Waals surface area contributed by atoms with Crippen LogP contribution in [-0.2, 0) is 55.8 Å². The van der Waals surface area contributed by atoms with E-state index in [0.29, 0.717) is 19.3 Å². The van der Waals surface area contributed by atoms with Crippen LogP contribution in [0.4, 0.5) is 0 Å². The van der Waals surface area contributed by atoms with Gasteiger partial charge in [0.2, 0.25) is 0 Å². The van der Waals surface area contributed by atoms with E-state index in [9.17, 15) is 43.5 Å². The molecular weight excluding hydrogens is 1310 g/mol. The highest BCUT2D eigenvalue weighted by molar-refractivity contribution is 7.47. The first kappa shape index (κ1) is 96.7. The Kier molecular flexibility index (Phi) is 72.2. The Hall–Kier alpha value is -4.31. The van der Waals surface area contributed by atoms with Crippen LogP contribution in [0.25, 0.3) is 0 Å². The number of phosphoric acid groups is 2. The molecule has 0 aromatic rings. The molecule has 0 amide bonds. The first-order valence-corrected chi connectivity index (χ1v) is 42.5. The fraction of sp³-hybridized carbons (Fsp3) is 0.699.